The van der Waals surface area contributed by atoms with Crippen molar-refractivity contribution in [3.05, 3.63) is 46.8 Å². The van der Waals surface area contributed by atoms with Gasteiger partial charge < -0.3 is 4.57 Å². The quantitative estimate of drug-likeness (QED) is 0.664. The van der Waals surface area contributed by atoms with Crippen LogP contribution in [0.2, 0.25) is 0 Å². The zero-order chi connectivity index (χ0) is 13.6. The van der Waals surface area contributed by atoms with E-state index in [4.69, 9.17) is 0 Å². The summed E-state index contributed by atoms with van der Waals surface area (Å²) < 4.78 is 16.1. The summed E-state index contributed by atoms with van der Waals surface area (Å²) in [6.45, 7) is 0. The van der Waals surface area contributed by atoms with Crippen molar-refractivity contribution in [3.63, 3.8) is 0 Å². The van der Waals surface area contributed by atoms with E-state index in [1.165, 1.54) is 16.7 Å². The summed E-state index contributed by atoms with van der Waals surface area (Å²) in [5.74, 6) is 0.163. The average Bonchev–Trinajstić information content (AvgIpc) is 2.77. The molecule has 0 aliphatic rings. The predicted octanol–water partition coefficient (Wildman–Crippen LogP) is 1.47. The molecule has 0 radical (unpaired) electrons. The zero-order valence-electron chi connectivity index (χ0n) is 10.5. The summed E-state index contributed by atoms with van der Waals surface area (Å²) in [6.07, 6.45) is 1.55. The van der Waals surface area contributed by atoms with E-state index >= 15 is 0 Å². The molecule has 0 unspecified atom stereocenters. The van der Waals surface area contributed by atoms with Gasteiger partial charge in [0.2, 0.25) is 0 Å². The van der Waals surface area contributed by atoms with Crippen LogP contribution in [0.3, 0.4) is 0 Å². The molecule has 0 aliphatic heterocycles. The molecule has 0 atom stereocenters. The standard InChI is InChI=1S/C13H11FN4O/c1-17-7-15-10-12(17)16-11(18(2)13(10)19)8-3-5-9(14)6-4-8/h3-7H,1-2H3. The molecule has 3 rings (SSSR count). The van der Waals surface area contributed by atoms with Crippen LogP contribution in [0.5, 0.6) is 0 Å². The SMILES string of the molecule is Cn1c(-c2ccc(F)cc2)nc2c(ncn2C)c1=O. The molecule has 5 nitrogen and oxygen atoms in total. The first kappa shape index (κ1) is 11.6. The maximum Gasteiger partial charge on any atom is 0.281 e. The average molecular weight is 258 g/mol. The predicted molar refractivity (Wildman–Crippen MR) is 69.1 cm³/mol. The third kappa shape index (κ3) is 1.72. The first-order chi connectivity index (χ1) is 9.08. The molecular weight excluding hydrogens is 247 g/mol. The smallest absolute Gasteiger partial charge is 0.281 e. The first-order valence-corrected chi connectivity index (χ1v) is 5.72. The highest BCUT2D eigenvalue weighted by Gasteiger charge is 2.13. The van der Waals surface area contributed by atoms with Crippen LogP contribution in [0.4, 0.5) is 4.39 Å². The van der Waals surface area contributed by atoms with Crippen molar-refractivity contribution in [1.29, 1.82) is 0 Å². The summed E-state index contributed by atoms with van der Waals surface area (Å²) in [4.78, 5) is 20.6. The Hall–Kier alpha value is -2.50. The number of benzene rings is 1. The van der Waals surface area contributed by atoms with E-state index in [1.807, 2.05) is 0 Å². The third-order valence-corrected chi connectivity index (χ3v) is 3.05. The number of imidazole rings is 1. The molecular formula is C13H11FN4O. The monoisotopic (exact) mass is 258 g/mol. The molecule has 96 valence electrons. The van der Waals surface area contributed by atoms with E-state index in [0.717, 1.165) is 0 Å². The Morgan fingerprint density at radius 1 is 1.16 bits per heavy atom. The van der Waals surface area contributed by atoms with Crippen molar-refractivity contribution in [2.75, 3.05) is 0 Å². The summed E-state index contributed by atoms with van der Waals surface area (Å²) in [7, 11) is 3.40. The molecule has 0 N–H and O–H groups in total. The Morgan fingerprint density at radius 3 is 2.53 bits per heavy atom. The fourth-order valence-corrected chi connectivity index (χ4v) is 1.99. The van der Waals surface area contributed by atoms with E-state index in [2.05, 4.69) is 9.97 Å². The normalized spacial score (nSPS) is 11.1. The van der Waals surface area contributed by atoms with Crippen molar-refractivity contribution < 1.29 is 4.39 Å². The maximum absolute atomic E-state index is 12.9. The van der Waals surface area contributed by atoms with Gasteiger partial charge in [0.1, 0.15) is 11.6 Å². The second-order valence-electron chi connectivity index (χ2n) is 4.33. The van der Waals surface area contributed by atoms with Gasteiger partial charge in [-0.05, 0) is 24.3 Å². The van der Waals surface area contributed by atoms with Crippen LogP contribution in [0.1, 0.15) is 0 Å². The summed E-state index contributed by atoms with van der Waals surface area (Å²) in [5.41, 5.74) is 1.31. The highest BCUT2D eigenvalue weighted by molar-refractivity contribution is 5.72. The molecule has 19 heavy (non-hydrogen) atoms. The van der Waals surface area contributed by atoms with Crippen LogP contribution >= 0.6 is 0 Å². The molecule has 0 saturated heterocycles. The van der Waals surface area contributed by atoms with E-state index < -0.39 is 0 Å². The number of fused-ring (bicyclic) bond motifs is 1. The van der Waals surface area contributed by atoms with E-state index in [-0.39, 0.29) is 11.4 Å². The van der Waals surface area contributed by atoms with Gasteiger partial charge in [0.15, 0.2) is 11.2 Å². The molecule has 0 fully saturated rings. The molecule has 0 amide bonds. The number of rotatable bonds is 1. The van der Waals surface area contributed by atoms with Crippen molar-refractivity contribution >= 4 is 11.2 Å². The Kier molecular flexibility index (Phi) is 2.45. The van der Waals surface area contributed by atoms with Crippen LogP contribution in [0.15, 0.2) is 35.4 Å². The van der Waals surface area contributed by atoms with E-state index in [1.54, 1.807) is 37.1 Å². The molecule has 2 aromatic heterocycles. The van der Waals surface area contributed by atoms with Gasteiger partial charge >= 0.3 is 0 Å². The number of aromatic nitrogens is 4. The number of nitrogens with zero attached hydrogens (tertiary/aromatic N) is 4. The van der Waals surface area contributed by atoms with Crippen LogP contribution < -0.4 is 5.56 Å². The Labute approximate surface area is 108 Å². The maximum atomic E-state index is 12.9. The van der Waals surface area contributed by atoms with Gasteiger partial charge in [0, 0.05) is 19.7 Å². The van der Waals surface area contributed by atoms with E-state index in [0.29, 0.717) is 22.6 Å². The van der Waals surface area contributed by atoms with E-state index in [9.17, 15) is 9.18 Å². The van der Waals surface area contributed by atoms with Crippen LogP contribution in [0.25, 0.3) is 22.6 Å². The number of aryl methyl sites for hydroxylation is 1. The van der Waals surface area contributed by atoms with Gasteiger partial charge in [-0.15, -0.1) is 0 Å². The fraction of sp³-hybridized carbons (Fsp3) is 0.154. The molecule has 2 heterocycles. The molecule has 0 saturated carbocycles. The van der Waals surface area contributed by atoms with Crippen molar-refractivity contribution in [2.24, 2.45) is 14.1 Å². The Bertz CT molecular complexity index is 817. The topological polar surface area (TPSA) is 52.7 Å². The van der Waals surface area contributed by atoms with Gasteiger partial charge in [-0.1, -0.05) is 0 Å². The van der Waals surface area contributed by atoms with Crippen LogP contribution in [0, 0.1) is 5.82 Å². The lowest BCUT2D eigenvalue weighted by Gasteiger charge is -2.07. The van der Waals surface area contributed by atoms with Gasteiger partial charge in [-0.2, -0.15) is 0 Å². The van der Waals surface area contributed by atoms with Crippen molar-refractivity contribution in [3.8, 4) is 11.4 Å². The largest absolute Gasteiger partial charge is 0.318 e. The Balaban J connectivity index is 2.35. The van der Waals surface area contributed by atoms with Gasteiger partial charge in [0.25, 0.3) is 5.56 Å². The lowest BCUT2D eigenvalue weighted by atomic mass is 10.2. The van der Waals surface area contributed by atoms with Crippen LogP contribution in [-0.4, -0.2) is 19.1 Å². The molecule has 1 aromatic carbocycles. The van der Waals surface area contributed by atoms with Crippen molar-refractivity contribution in [2.45, 2.75) is 0 Å². The second kappa shape index (κ2) is 4.01. The highest BCUT2D eigenvalue weighted by Crippen LogP contribution is 2.17. The van der Waals surface area contributed by atoms with Gasteiger partial charge in [0.05, 0.1) is 6.33 Å². The summed E-state index contributed by atoms with van der Waals surface area (Å²) >= 11 is 0. The van der Waals surface area contributed by atoms with Gasteiger partial charge in [-0.3, -0.25) is 9.36 Å². The molecule has 3 aromatic rings. The summed E-state index contributed by atoms with van der Waals surface area (Å²) in [5, 5.41) is 0. The third-order valence-electron chi connectivity index (χ3n) is 3.05. The van der Waals surface area contributed by atoms with Crippen LogP contribution in [-0.2, 0) is 14.1 Å². The lowest BCUT2D eigenvalue weighted by Crippen LogP contribution is -2.20. The molecule has 0 spiro atoms. The second-order valence-corrected chi connectivity index (χ2v) is 4.33. The Morgan fingerprint density at radius 2 is 1.84 bits per heavy atom. The number of hydrogen-bond acceptors (Lipinski definition) is 3. The minimum Gasteiger partial charge on any atom is -0.318 e. The minimum absolute atomic E-state index is 0.218. The summed E-state index contributed by atoms with van der Waals surface area (Å²) in [6, 6.07) is 5.88. The molecule has 6 heteroatoms. The van der Waals surface area contributed by atoms with Gasteiger partial charge in [-0.25, -0.2) is 14.4 Å². The van der Waals surface area contributed by atoms with Crippen molar-refractivity contribution in [1.82, 2.24) is 19.1 Å². The fourth-order valence-electron chi connectivity index (χ4n) is 1.99. The molecule has 0 bridgehead atoms. The minimum atomic E-state index is -0.324. The highest BCUT2D eigenvalue weighted by atomic mass is 19.1. The number of hydrogen-bond donors (Lipinski definition) is 0. The first-order valence-electron chi connectivity index (χ1n) is 5.72. The molecule has 0 aliphatic carbocycles. The lowest BCUT2D eigenvalue weighted by molar-refractivity contribution is 0.628. The number of halogens is 1. The zero-order valence-corrected chi connectivity index (χ0v) is 10.5.